The lowest BCUT2D eigenvalue weighted by molar-refractivity contribution is -0.136. The van der Waals surface area contributed by atoms with Gasteiger partial charge in [-0.15, -0.1) is 0 Å². The van der Waals surface area contributed by atoms with Crippen molar-refractivity contribution in [1.29, 1.82) is 0 Å². The van der Waals surface area contributed by atoms with Crippen LogP contribution in [0.4, 0.5) is 5.69 Å². The molecule has 0 bridgehead atoms. The van der Waals surface area contributed by atoms with Gasteiger partial charge in [0.2, 0.25) is 0 Å². The van der Waals surface area contributed by atoms with Crippen molar-refractivity contribution in [2.45, 2.75) is 27.2 Å². The van der Waals surface area contributed by atoms with Gasteiger partial charge in [-0.25, -0.2) is 9.59 Å². The van der Waals surface area contributed by atoms with E-state index in [1.165, 1.54) is 19.1 Å². The molecule has 0 aromatic heterocycles. The van der Waals surface area contributed by atoms with E-state index < -0.39 is 17.8 Å². The molecule has 8 nitrogen and oxygen atoms in total. The van der Waals surface area contributed by atoms with Crippen molar-refractivity contribution < 1.29 is 33.3 Å². The van der Waals surface area contributed by atoms with Gasteiger partial charge in [0.05, 0.1) is 44.1 Å². The number of methoxy groups -OCH3 is 2. The molecule has 2 aromatic rings. The number of anilines is 1. The monoisotopic (exact) mass is 479 g/mol. The first-order valence-corrected chi connectivity index (χ1v) is 11.3. The Morgan fingerprint density at radius 3 is 2.20 bits per heavy atom. The van der Waals surface area contributed by atoms with E-state index >= 15 is 0 Å². The fourth-order valence-corrected chi connectivity index (χ4v) is 3.74. The summed E-state index contributed by atoms with van der Waals surface area (Å²) in [7, 11) is 2.57. The molecule has 0 N–H and O–H groups in total. The van der Waals surface area contributed by atoms with Crippen molar-refractivity contribution in [3.8, 4) is 11.5 Å². The lowest BCUT2D eigenvalue weighted by atomic mass is 10.0. The number of hydrogen-bond donors (Lipinski definition) is 0. The Hall–Kier alpha value is -4.07. The summed E-state index contributed by atoms with van der Waals surface area (Å²) in [4.78, 5) is 39.4. The second-order valence-corrected chi connectivity index (χ2v) is 7.68. The molecule has 1 heterocycles. The first kappa shape index (κ1) is 25.6. The summed E-state index contributed by atoms with van der Waals surface area (Å²) < 4.78 is 21.2. The smallest absolute Gasteiger partial charge is 0.340 e. The summed E-state index contributed by atoms with van der Waals surface area (Å²) in [6.45, 7) is 6.56. The number of nitrogens with zero attached hydrogens (tertiary/aromatic N) is 1. The van der Waals surface area contributed by atoms with E-state index in [0.29, 0.717) is 47.2 Å². The fourth-order valence-electron chi connectivity index (χ4n) is 3.74. The standard InChI is InChI=1S/C27H29NO7/c1-6-14-35-22-13-8-18(16-23(22)34-7-2)15-21-24(27(31)33-5)17(3)28(25(21)29)20-11-9-19(10-12-20)26(30)32-4/h8-13,15-16H,6-7,14H2,1-5H3/b21-15-. The number of rotatable bonds is 9. The number of benzene rings is 2. The second kappa shape index (κ2) is 11.4. The highest BCUT2D eigenvalue weighted by atomic mass is 16.5. The minimum absolute atomic E-state index is 0.166. The summed E-state index contributed by atoms with van der Waals surface area (Å²) in [5.41, 5.74) is 2.30. The third-order valence-electron chi connectivity index (χ3n) is 5.38. The average molecular weight is 480 g/mol. The van der Waals surface area contributed by atoms with Crippen molar-refractivity contribution in [3.05, 3.63) is 70.4 Å². The van der Waals surface area contributed by atoms with E-state index in [4.69, 9.17) is 18.9 Å². The van der Waals surface area contributed by atoms with Crippen LogP contribution in [0.25, 0.3) is 6.08 Å². The molecular formula is C27H29NO7. The molecule has 1 aliphatic rings. The fraction of sp³-hybridized carbons (Fsp3) is 0.296. The molecule has 3 rings (SSSR count). The third kappa shape index (κ3) is 5.37. The highest BCUT2D eigenvalue weighted by Crippen LogP contribution is 2.37. The predicted octanol–water partition coefficient (Wildman–Crippen LogP) is 4.54. The van der Waals surface area contributed by atoms with Gasteiger partial charge >= 0.3 is 11.9 Å². The normalized spacial score (nSPS) is 14.4. The van der Waals surface area contributed by atoms with Crippen LogP contribution >= 0.6 is 0 Å². The molecule has 0 saturated carbocycles. The topological polar surface area (TPSA) is 91.4 Å². The van der Waals surface area contributed by atoms with Gasteiger partial charge in [-0.2, -0.15) is 0 Å². The van der Waals surface area contributed by atoms with Crippen LogP contribution in [-0.4, -0.2) is 45.3 Å². The first-order chi connectivity index (χ1) is 16.9. The Balaban J connectivity index is 2.04. The molecule has 0 radical (unpaired) electrons. The maximum Gasteiger partial charge on any atom is 0.340 e. The van der Waals surface area contributed by atoms with Gasteiger partial charge in [0.25, 0.3) is 5.91 Å². The third-order valence-corrected chi connectivity index (χ3v) is 5.38. The van der Waals surface area contributed by atoms with E-state index in [9.17, 15) is 14.4 Å². The summed E-state index contributed by atoms with van der Waals surface area (Å²) in [6.07, 6.45) is 2.49. The number of amides is 1. The first-order valence-electron chi connectivity index (χ1n) is 11.3. The Kier molecular flexibility index (Phi) is 8.30. The number of carbonyl (C=O) groups is 3. The van der Waals surface area contributed by atoms with Gasteiger partial charge in [-0.3, -0.25) is 9.69 Å². The molecule has 0 atom stereocenters. The Labute approximate surface area is 204 Å². The van der Waals surface area contributed by atoms with Crippen molar-refractivity contribution in [2.24, 2.45) is 0 Å². The van der Waals surface area contributed by atoms with Crippen LogP contribution in [0.1, 0.15) is 43.1 Å². The zero-order valence-electron chi connectivity index (χ0n) is 20.5. The van der Waals surface area contributed by atoms with Gasteiger partial charge in [-0.05, 0) is 68.3 Å². The summed E-state index contributed by atoms with van der Waals surface area (Å²) >= 11 is 0. The minimum Gasteiger partial charge on any atom is -0.490 e. The average Bonchev–Trinajstić information content (AvgIpc) is 3.11. The predicted molar refractivity (Wildman–Crippen MR) is 131 cm³/mol. The molecule has 35 heavy (non-hydrogen) atoms. The molecule has 0 unspecified atom stereocenters. The SMILES string of the molecule is CCCOc1ccc(/C=C2\C(=O)N(c3ccc(C(=O)OC)cc3)C(C)=C2C(=O)OC)cc1OCC. The van der Waals surface area contributed by atoms with Crippen LogP contribution in [0, 0.1) is 0 Å². The van der Waals surface area contributed by atoms with Gasteiger partial charge in [0.15, 0.2) is 11.5 Å². The van der Waals surface area contributed by atoms with E-state index in [2.05, 4.69) is 0 Å². The van der Waals surface area contributed by atoms with Crippen molar-refractivity contribution in [3.63, 3.8) is 0 Å². The largest absolute Gasteiger partial charge is 0.490 e. The van der Waals surface area contributed by atoms with Crippen LogP contribution in [0.15, 0.2) is 59.3 Å². The van der Waals surface area contributed by atoms with E-state index in [-0.39, 0.29) is 11.1 Å². The molecule has 0 aliphatic carbocycles. The molecule has 1 aliphatic heterocycles. The van der Waals surface area contributed by atoms with Crippen molar-refractivity contribution in [2.75, 3.05) is 32.3 Å². The van der Waals surface area contributed by atoms with Gasteiger partial charge in [-0.1, -0.05) is 13.0 Å². The number of carbonyl (C=O) groups excluding carboxylic acids is 3. The van der Waals surface area contributed by atoms with Crippen molar-refractivity contribution >= 4 is 29.6 Å². The van der Waals surface area contributed by atoms with Crippen LogP contribution in [-0.2, 0) is 19.1 Å². The van der Waals surface area contributed by atoms with Crippen molar-refractivity contribution in [1.82, 2.24) is 0 Å². The Morgan fingerprint density at radius 1 is 0.914 bits per heavy atom. The number of ether oxygens (including phenoxy) is 4. The molecule has 0 spiro atoms. The molecule has 8 heteroatoms. The van der Waals surface area contributed by atoms with Crippen LogP contribution < -0.4 is 14.4 Å². The minimum atomic E-state index is -0.622. The molecule has 2 aromatic carbocycles. The van der Waals surface area contributed by atoms with Gasteiger partial charge in [0.1, 0.15) is 0 Å². The Bertz CT molecular complexity index is 1180. The quantitative estimate of drug-likeness (QED) is 0.385. The lowest BCUT2D eigenvalue weighted by Gasteiger charge is -2.18. The van der Waals surface area contributed by atoms with Gasteiger partial charge in [0, 0.05) is 11.4 Å². The van der Waals surface area contributed by atoms with Crippen LogP contribution in [0.2, 0.25) is 0 Å². The number of esters is 2. The molecule has 0 saturated heterocycles. The molecule has 184 valence electrons. The van der Waals surface area contributed by atoms with E-state index in [1.54, 1.807) is 55.5 Å². The second-order valence-electron chi connectivity index (χ2n) is 7.68. The van der Waals surface area contributed by atoms with Crippen LogP contribution in [0.5, 0.6) is 11.5 Å². The summed E-state index contributed by atoms with van der Waals surface area (Å²) in [6, 6.07) is 11.7. The van der Waals surface area contributed by atoms with E-state index in [0.717, 1.165) is 6.42 Å². The maximum absolute atomic E-state index is 13.5. The van der Waals surface area contributed by atoms with Gasteiger partial charge < -0.3 is 18.9 Å². The molecule has 1 amide bonds. The zero-order chi connectivity index (χ0) is 25.5. The Morgan fingerprint density at radius 2 is 1.60 bits per heavy atom. The summed E-state index contributed by atoms with van der Waals surface area (Å²) in [5.74, 6) is -0.331. The van der Waals surface area contributed by atoms with E-state index in [1.807, 2.05) is 13.8 Å². The molecular weight excluding hydrogens is 450 g/mol. The van der Waals surface area contributed by atoms with Crippen LogP contribution in [0.3, 0.4) is 0 Å². The summed E-state index contributed by atoms with van der Waals surface area (Å²) in [5, 5.41) is 0. The highest BCUT2D eigenvalue weighted by Gasteiger charge is 2.38. The number of allylic oxidation sites excluding steroid dienone is 1. The zero-order valence-corrected chi connectivity index (χ0v) is 20.5. The molecule has 0 fully saturated rings. The number of hydrogen-bond acceptors (Lipinski definition) is 7. The highest BCUT2D eigenvalue weighted by molar-refractivity contribution is 6.23. The maximum atomic E-state index is 13.5. The lowest BCUT2D eigenvalue weighted by Crippen LogP contribution is -2.24.